The van der Waals surface area contributed by atoms with Crippen molar-refractivity contribution in [1.29, 1.82) is 0 Å². The summed E-state index contributed by atoms with van der Waals surface area (Å²) in [5, 5.41) is 26.6. The lowest BCUT2D eigenvalue weighted by atomic mass is 10.1. The average molecular weight is 332 g/mol. The lowest BCUT2D eigenvalue weighted by Crippen LogP contribution is -2.14. The molecular formula is C16H18ClN5O. The number of fused-ring (bicyclic) bond motifs is 1. The largest absolute Gasteiger partial charge is 0.387 e. The molecule has 3 rings (SSSR count). The normalized spacial score (nSPS) is 12.7. The second kappa shape index (κ2) is 6.52. The standard InChI is InChI=1S/C16H18ClN5O/c1-10(2)13-7-14(16-20-19-9-22(16)21-13)18-8-15(23)11-4-3-5-12(17)6-11/h3-7,9-10,15,18,23H,8H2,1-2H3. The molecule has 0 saturated heterocycles. The average Bonchev–Trinajstić information content (AvgIpc) is 3.00. The molecule has 23 heavy (non-hydrogen) atoms. The van der Waals surface area contributed by atoms with Gasteiger partial charge in [-0.2, -0.15) is 9.61 Å². The summed E-state index contributed by atoms with van der Waals surface area (Å²) in [4.78, 5) is 0. The van der Waals surface area contributed by atoms with E-state index < -0.39 is 6.10 Å². The molecule has 0 amide bonds. The van der Waals surface area contributed by atoms with E-state index in [2.05, 4.69) is 34.5 Å². The monoisotopic (exact) mass is 331 g/mol. The van der Waals surface area contributed by atoms with Gasteiger partial charge in [-0.1, -0.05) is 37.6 Å². The third-order valence-electron chi connectivity index (χ3n) is 3.60. The quantitative estimate of drug-likeness (QED) is 0.751. The van der Waals surface area contributed by atoms with Crippen LogP contribution < -0.4 is 5.32 Å². The van der Waals surface area contributed by atoms with Gasteiger partial charge in [0.15, 0.2) is 0 Å². The number of aromatic nitrogens is 4. The molecule has 0 radical (unpaired) electrons. The molecule has 7 heteroatoms. The van der Waals surface area contributed by atoms with Crippen LogP contribution in [0, 0.1) is 0 Å². The van der Waals surface area contributed by atoms with Crippen molar-refractivity contribution in [2.45, 2.75) is 25.9 Å². The van der Waals surface area contributed by atoms with E-state index >= 15 is 0 Å². The van der Waals surface area contributed by atoms with Gasteiger partial charge in [0, 0.05) is 11.6 Å². The van der Waals surface area contributed by atoms with Crippen molar-refractivity contribution in [3.63, 3.8) is 0 Å². The SMILES string of the molecule is CC(C)c1cc(NCC(O)c2cccc(Cl)c2)c2nncn2n1. The van der Waals surface area contributed by atoms with Crippen LogP contribution in [0.15, 0.2) is 36.7 Å². The number of anilines is 1. The van der Waals surface area contributed by atoms with Gasteiger partial charge >= 0.3 is 0 Å². The number of benzene rings is 1. The van der Waals surface area contributed by atoms with Gasteiger partial charge in [-0.25, -0.2) is 0 Å². The number of nitrogens with zero attached hydrogens (tertiary/aromatic N) is 4. The first-order valence-electron chi connectivity index (χ1n) is 7.43. The lowest BCUT2D eigenvalue weighted by molar-refractivity contribution is 0.191. The summed E-state index contributed by atoms with van der Waals surface area (Å²) in [6.07, 6.45) is 0.895. The van der Waals surface area contributed by atoms with Crippen LogP contribution in [0.3, 0.4) is 0 Å². The fourth-order valence-corrected chi connectivity index (χ4v) is 2.50. The molecule has 0 fully saturated rings. The summed E-state index contributed by atoms with van der Waals surface area (Å²) in [5.41, 5.74) is 3.12. The van der Waals surface area contributed by atoms with Crippen LogP contribution in [-0.4, -0.2) is 31.5 Å². The van der Waals surface area contributed by atoms with Gasteiger partial charge in [-0.05, 0) is 29.7 Å². The summed E-state index contributed by atoms with van der Waals surface area (Å²) in [5.74, 6) is 0.278. The highest BCUT2D eigenvalue weighted by molar-refractivity contribution is 6.30. The molecule has 120 valence electrons. The Labute approximate surface area is 139 Å². The Hall–Kier alpha value is -2.18. The summed E-state index contributed by atoms with van der Waals surface area (Å²) >= 11 is 5.96. The number of aliphatic hydroxyl groups is 1. The van der Waals surface area contributed by atoms with Gasteiger partial charge < -0.3 is 10.4 Å². The second-order valence-electron chi connectivity index (χ2n) is 5.69. The van der Waals surface area contributed by atoms with Crippen molar-refractivity contribution in [3.05, 3.63) is 52.9 Å². The molecule has 6 nitrogen and oxygen atoms in total. The number of hydrogen-bond acceptors (Lipinski definition) is 5. The molecule has 0 spiro atoms. The molecule has 0 aliphatic heterocycles. The van der Waals surface area contributed by atoms with E-state index in [1.54, 1.807) is 23.0 Å². The zero-order chi connectivity index (χ0) is 16.4. The Balaban J connectivity index is 1.82. The summed E-state index contributed by atoms with van der Waals surface area (Å²) in [6.45, 7) is 4.48. The van der Waals surface area contributed by atoms with Gasteiger partial charge in [0.05, 0.1) is 17.5 Å². The van der Waals surface area contributed by atoms with Gasteiger partial charge in [-0.3, -0.25) is 0 Å². The van der Waals surface area contributed by atoms with E-state index in [4.69, 9.17) is 11.6 Å². The molecule has 0 bridgehead atoms. The fourth-order valence-electron chi connectivity index (χ4n) is 2.30. The molecule has 0 aliphatic carbocycles. The van der Waals surface area contributed by atoms with Crippen LogP contribution >= 0.6 is 11.6 Å². The molecule has 0 saturated carbocycles. The van der Waals surface area contributed by atoms with Gasteiger partial charge in [-0.15, -0.1) is 10.2 Å². The number of nitrogens with one attached hydrogen (secondary N) is 1. The van der Waals surface area contributed by atoms with Gasteiger partial charge in [0.2, 0.25) is 5.65 Å². The minimum Gasteiger partial charge on any atom is -0.387 e. The number of aliphatic hydroxyl groups excluding tert-OH is 1. The Morgan fingerprint density at radius 1 is 1.30 bits per heavy atom. The van der Waals surface area contributed by atoms with E-state index in [-0.39, 0.29) is 5.92 Å². The van der Waals surface area contributed by atoms with E-state index in [1.807, 2.05) is 18.2 Å². The topological polar surface area (TPSA) is 75.3 Å². The maximum atomic E-state index is 10.3. The number of hydrogen-bond donors (Lipinski definition) is 2. The molecule has 1 atom stereocenters. The highest BCUT2D eigenvalue weighted by Gasteiger charge is 2.13. The maximum Gasteiger partial charge on any atom is 0.200 e. The van der Waals surface area contributed by atoms with E-state index in [1.165, 1.54) is 0 Å². The lowest BCUT2D eigenvalue weighted by Gasteiger charge is -2.15. The predicted octanol–water partition coefficient (Wildman–Crippen LogP) is 3.05. The molecular weight excluding hydrogens is 314 g/mol. The first-order valence-corrected chi connectivity index (χ1v) is 7.80. The third kappa shape index (κ3) is 3.43. The molecule has 3 aromatic rings. The molecule has 0 aliphatic rings. The third-order valence-corrected chi connectivity index (χ3v) is 3.83. The van der Waals surface area contributed by atoms with Crippen molar-refractivity contribution >= 4 is 22.9 Å². The van der Waals surface area contributed by atoms with Crippen LogP contribution in [0.2, 0.25) is 5.02 Å². The second-order valence-corrected chi connectivity index (χ2v) is 6.12. The van der Waals surface area contributed by atoms with E-state index in [0.717, 1.165) is 16.9 Å². The van der Waals surface area contributed by atoms with Crippen molar-refractivity contribution < 1.29 is 5.11 Å². The Morgan fingerprint density at radius 2 is 2.13 bits per heavy atom. The van der Waals surface area contributed by atoms with Crippen LogP contribution in [0.4, 0.5) is 5.69 Å². The zero-order valence-electron chi connectivity index (χ0n) is 12.9. The summed E-state index contributed by atoms with van der Waals surface area (Å²) in [7, 11) is 0. The van der Waals surface area contributed by atoms with Crippen LogP contribution in [0.1, 0.15) is 37.1 Å². The van der Waals surface area contributed by atoms with Crippen LogP contribution in [0.5, 0.6) is 0 Å². The Morgan fingerprint density at radius 3 is 2.87 bits per heavy atom. The van der Waals surface area contributed by atoms with E-state index in [9.17, 15) is 5.11 Å². The molecule has 2 heterocycles. The smallest absolute Gasteiger partial charge is 0.200 e. The first kappa shape index (κ1) is 15.7. The highest BCUT2D eigenvalue weighted by atomic mass is 35.5. The number of halogens is 1. The van der Waals surface area contributed by atoms with Gasteiger partial charge in [0.1, 0.15) is 6.33 Å². The van der Waals surface area contributed by atoms with Crippen LogP contribution in [0.25, 0.3) is 5.65 Å². The summed E-state index contributed by atoms with van der Waals surface area (Å²) < 4.78 is 1.64. The Kier molecular flexibility index (Phi) is 4.45. The minimum atomic E-state index is -0.674. The molecule has 1 unspecified atom stereocenters. The fraction of sp³-hybridized carbons (Fsp3) is 0.312. The number of rotatable bonds is 5. The van der Waals surface area contributed by atoms with Crippen molar-refractivity contribution in [2.24, 2.45) is 0 Å². The highest BCUT2D eigenvalue weighted by Crippen LogP contribution is 2.22. The minimum absolute atomic E-state index is 0.278. The molecule has 2 N–H and O–H groups in total. The van der Waals surface area contributed by atoms with Crippen LogP contribution in [-0.2, 0) is 0 Å². The first-order chi connectivity index (χ1) is 11.0. The van der Waals surface area contributed by atoms with E-state index in [0.29, 0.717) is 17.2 Å². The zero-order valence-corrected chi connectivity index (χ0v) is 13.7. The van der Waals surface area contributed by atoms with Crippen molar-refractivity contribution in [1.82, 2.24) is 19.8 Å². The summed E-state index contributed by atoms with van der Waals surface area (Å²) in [6, 6.07) is 9.15. The molecule has 1 aromatic carbocycles. The maximum absolute atomic E-state index is 10.3. The van der Waals surface area contributed by atoms with Crippen molar-refractivity contribution in [2.75, 3.05) is 11.9 Å². The van der Waals surface area contributed by atoms with Crippen molar-refractivity contribution in [3.8, 4) is 0 Å². The predicted molar refractivity (Wildman–Crippen MR) is 89.8 cm³/mol. The molecule has 2 aromatic heterocycles. The van der Waals surface area contributed by atoms with Gasteiger partial charge in [0.25, 0.3) is 0 Å². The Bertz CT molecular complexity index is 817.